The molecule has 0 heterocycles. The Bertz CT molecular complexity index is 444. The molecule has 0 aromatic heterocycles. The van der Waals surface area contributed by atoms with Crippen LogP contribution in [0.1, 0.15) is 45.1 Å². The fraction of sp³-hybridized carbons (Fsp3) is 0.588. The molecule has 2 unspecified atom stereocenters. The number of para-hydroxylation sites is 1. The topological polar surface area (TPSA) is 41.1 Å². The standard InChI is InChI=1S/C17H26N2O/c1-3-14-9-5-7-11-16(14)18-12-17(20)19-15-10-6-4-8-13(15)2/h5,7,9,11,13,15,18H,3-4,6,8,10,12H2,1-2H3,(H,19,20). The SMILES string of the molecule is CCc1ccccc1NCC(=O)NC1CCCCC1C. The number of aryl methyl sites for hydroxylation is 1. The van der Waals surface area contributed by atoms with Gasteiger partial charge in [0, 0.05) is 11.7 Å². The Morgan fingerprint density at radius 2 is 2.00 bits per heavy atom. The third-order valence-electron chi connectivity index (χ3n) is 4.30. The monoisotopic (exact) mass is 274 g/mol. The van der Waals surface area contributed by atoms with Gasteiger partial charge in [0.15, 0.2) is 0 Å². The van der Waals surface area contributed by atoms with Gasteiger partial charge in [-0.25, -0.2) is 0 Å². The van der Waals surface area contributed by atoms with Crippen LogP contribution in [0.15, 0.2) is 24.3 Å². The van der Waals surface area contributed by atoms with Gasteiger partial charge < -0.3 is 10.6 Å². The zero-order chi connectivity index (χ0) is 14.4. The number of rotatable bonds is 5. The summed E-state index contributed by atoms with van der Waals surface area (Å²) >= 11 is 0. The van der Waals surface area contributed by atoms with Gasteiger partial charge >= 0.3 is 0 Å². The average molecular weight is 274 g/mol. The van der Waals surface area contributed by atoms with Crippen molar-refractivity contribution in [1.82, 2.24) is 5.32 Å². The molecule has 2 N–H and O–H groups in total. The van der Waals surface area contributed by atoms with Crippen LogP contribution in [0, 0.1) is 5.92 Å². The Balaban J connectivity index is 1.82. The molecule has 0 spiro atoms. The van der Waals surface area contributed by atoms with Gasteiger partial charge in [-0.15, -0.1) is 0 Å². The van der Waals surface area contributed by atoms with Crippen molar-refractivity contribution in [1.29, 1.82) is 0 Å². The van der Waals surface area contributed by atoms with Crippen LogP contribution in [0.5, 0.6) is 0 Å². The maximum absolute atomic E-state index is 12.1. The van der Waals surface area contributed by atoms with E-state index in [-0.39, 0.29) is 5.91 Å². The first-order chi connectivity index (χ1) is 9.70. The molecule has 1 fully saturated rings. The van der Waals surface area contributed by atoms with E-state index in [1.54, 1.807) is 0 Å². The molecule has 0 saturated heterocycles. The van der Waals surface area contributed by atoms with Crippen LogP contribution in [0.4, 0.5) is 5.69 Å². The summed E-state index contributed by atoms with van der Waals surface area (Å²) in [5, 5.41) is 6.43. The summed E-state index contributed by atoms with van der Waals surface area (Å²) < 4.78 is 0. The Hall–Kier alpha value is -1.51. The number of anilines is 1. The molecular weight excluding hydrogens is 248 g/mol. The second-order valence-corrected chi connectivity index (χ2v) is 5.80. The zero-order valence-electron chi connectivity index (χ0n) is 12.6. The van der Waals surface area contributed by atoms with Gasteiger partial charge in [-0.3, -0.25) is 4.79 Å². The van der Waals surface area contributed by atoms with Gasteiger partial charge in [0.05, 0.1) is 6.54 Å². The first-order valence-electron chi connectivity index (χ1n) is 7.82. The number of amides is 1. The van der Waals surface area contributed by atoms with Crippen molar-refractivity contribution >= 4 is 11.6 Å². The molecule has 3 nitrogen and oxygen atoms in total. The molecule has 1 aromatic carbocycles. The lowest BCUT2D eigenvalue weighted by atomic mass is 9.86. The summed E-state index contributed by atoms with van der Waals surface area (Å²) in [6.45, 7) is 4.73. The van der Waals surface area contributed by atoms with E-state index in [0.717, 1.165) is 18.5 Å². The van der Waals surface area contributed by atoms with Crippen LogP contribution in [0.2, 0.25) is 0 Å². The Morgan fingerprint density at radius 1 is 1.25 bits per heavy atom. The molecule has 110 valence electrons. The Labute approximate surface area is 122 Å². The number of carbonyl (C=O) groups excluding carboxylic acids is 1. The van der Waals surface area contributed by atoms with E-state index in [4.69, 9.17) is 0 Å². The third kappa shape index (κ3) is 3.99. The van der Waals surface area contributed by atoms with Gasteiger partial charge in [-0.2, -0.15) is 0 Å². The second-order valence-electron chi connectivity index (χ2n) is 5.80. The molecule has 1 amide bonds. The van der Waals surface area contributed by atoms with Crippen molar-refractivity contribution in [2.24, 2.45) is 5.92 Å². The van der Waals surface area contributed by atoms with Crippen molar-refractivity contribution in [3.8, 4) is 0 Å². The fourth-order valence-electron chi connectivity index (χ4n) is 2.97. The molecule has 1 aromatic rings. The minimum atomic E-state index is 0.106. The molecule has 1 saturated carbocycles. The normalized spacial score (nSPS) is 22.3. The maximum atomic E-state index is 12.1. The summed E-state index contributed by atoms with van der Waals surface area (Å²) in [4.78, 5) is 12.1. The predicted octanol–water partition coefficient (Wildman–Crippen LogP) is 3.36. The number of nitrogens with one attached hydrogen (secondary N) is 2. The molecule has 0 radical (unpaired) electrons. The van der Waals surface area contributed by atoms with Crippen LogP contribution in [-0.2, 0) is 11.2 Å². The lowest BCUT2D eigenvalue weighted by Gasteiger charge is -2.29. The molecule has 20 heavy (non-hydrogen) atoms. The maximum Gasteiger partial charge on any atom is 0.239 e. The number of benzene rings is 1. The molecule has 0 bridgehead atoms. The molecule has 1 aliphatic rings. The van der Waals surface area contributed by atoms with Crippen LogP contribution in [0.25, 0.3) is 0 Å². The summed E-state index contributed by atoms with van der Waals surface area (Å²) in [5.74, 6) is 0.713. The molecule has 2 atom stereocenters. The van der Waals surface area contributed by atoms with Crippen molar-refractivity contribution < 1.29 is 4.79 Å². The summed E-state index contributed by atoms with van der Waals surface area (Å²) in [6.07, 6.45) is 5.87. The molecular formula is C17H26N2O. The van der Waals surface area contributed by atoms with Gasteiger partial charge in [0.1, 0.15) is 0 Å². The molecule has 2 rings (SSSR count). The second kappa shape index (κ2) is 7.32. The molecule has 0 aliphatic heterocycles. The third-order valence-corrected chi connectivity index (χ3v) is 4.30. The largest absolute Gasteiger partial charge is 0.376 e. The van der Waals surface area contributed by atoms with Crippen molar-refractivity contribution in [3.05, 3.63) is 29.8 Å². The van der Waals surface area contributed by atoms with Crippen molar-refractivity contribution in [2.75, 3.05) is 11.9 Å². The summed E-state index contributed by atoms with van der Waals surface area (Å²) in [6, 6.07) is 8.54. The first-order valence-corrected chi connectivity index (χ1v) is 7.82. The van der Waals surface area contributed by atoms with Crippen molar-refractivity contribution in [2.45, 2.75) is 52.0 Å². The van der Waals surface area contributed by atoms with Crippen LogP contribution in [0.3, 0.4) is 0 Å². The minimum Gasteiger partial charge on any atom is -0.376 e. The summed E-state index contributed by atoms with van der Waals surface area (Å²) in [7, 11) is 0. The van der Waals surface area contributed by atoms with E-state index in [1.807, 2.05) is 18.2 Å². The molecule has 3 heteroatoms. The fourth-order valence-corrected chi connectivity index (χ4v) is 2.97. The molecule has 1 aliphatic carbocycles. The van der Waals surface area contributed by atoms with E-state index in [0.29, 0.717) is 18.5 Å². The number of carbonyl (C=O) groups is 1. The zero-order valence-corrected chi connectivity index (χ0v) is 12.6. The van der Waals surface area contributed by atoms with E-state index in [9.17, 15) is 4.79 Å². The van der Waals surface area contributed by atoms with Crippen molar-refractivity contribution in [3.63, 3.8) is 0 Å². The van der Waals surface area contributed by atoms with Gasteiger partial charge in [0.2, 0.25) is 5.91 Å². The lowest BCUT2D eigenvalue weighted by Crippen LogP contribution is -2.43. The van der Waals surface area contributed by atoms with Crippen LogP contribution in [-0.4, -0.2) is 18.5 Å². The Kier molecular flexibility index (Phi) is 5.45. The van der Waals surface area contributed by atoms with Crippen LogP contribution < -0.4 is 10.6 Å². The smallest absolute Gasteiger partial charge is 0.239 e. The van der Waals surface area contributed by atoms with E-state index >= 15 is 0 Å². The van der Waals surface area contributed by atoms with E-state index < -0.39 is 0 Å². The summed E-state index contributed by atoms with van der Waals surface area (Å²) in [5.41, 5.74) is 2.33. The highest BCUT2D eigenvalue weighted by Gasteiger charge is 2.22. The minimum absolute atomic E-state index is 0.106. The lowest BCUT2D eigenvalue weighted by molar-refractivity contribution is -0.120. The average Bonchev–Trinajstić information content (AvgIpc) is 2.48. The number of hydrogen-bond acceptors (Lipinski definition) is 2. The van der Waals surface area contributed by atoms with E-state index in [2.05, 4.69) is 30.5 Å². The van der Waals surface area contributed by atoms with E-state index in [1.165, 1.54) is 24.8 Å². The number of hydrogen-bond donors (Lipinski definition) is 2. The highest BCUT2D eigenvalue weighted by Crippen LogP contribution is 2.23. The van der Waals surface area contributed by atoms with Gasteiger partial charge in [-0.05, 0) is 36.8 Å². The van der Waals surface area contributed by atoms with Gasteiger partial charge in [-0.1, -0.05) is 44.9 Å². The quantitative estimate of drug-likeness (QED) is 0.864. The van der Waals surface area contributed by atoms with Gasteiger partial charge in [0.25, 0.3) is 0 Å². The predicted molar refractivity (Wildman–Crippen MR) is 83.9 cm³/mol. The highest BCUT2D eigenvalue weighted by atomic mass is 16.1. The highest BCUT2D eigenvalue weighted by molar-refractivity contribution is 5.81. The van der Waals surface area contributed by atoms with Crippen LogP contribution >= 0.6 is 0 Å². The Morgan fingerprint density at radius 3 is 2.75 bits per heavy atom. The first kappa shape index (κ1) is 14.9.